The monoisotopic (exact) mass is 325 g/mol. The average Bonchev–Trinajstić information content (AvgIpc) is 2.74. The Hall–Kier alpha value is -0.780. The van der Waals surface area contributed by atoms with Gasteiger partial charge in [-0.05, 0) is 24.2 Å². The van der Waals surface area contributed by atoms with Crippen LogP contribution in [-0.4, -0.2) is 16.1 Å². The normalized spacial score (nSPS) is 10.8. The van der Waals surface area contributed by atoms with E-state index in [0.717, 1.165) is 22.7 Å². The van der Waals surface area contributed by atoms with Gasteiger partial charge >= 0.3 is 0 Å². The van der Waals surface area contributed by atoms with E-state index in [1.54, 1.807) is 11.8 Å². The van der Waals surface area contributed by atoms with Crippen LogP contribution in [0.25, 0.3) is 0 Å². The zero-order chi connectivity index (χ0) is 13.0. The third kappa shape index (κ3) is 3.37. The van der Waals surface area contributed by atoms with Gasteiger partial charge in [0.25, 0.3) is 0 Å². The van der Waals surface area contributed by atoms with Gasteiger partial charge in [-0.25, -0.2) is 4.98 Å². The Morgan fingerprint density at radius 3 is 2.89 bits per heavy atom. The van der Waals surface area contributed by atoms with Gasteiger partial charge in [-0.2, -0.15) is 0 Å². The highest BCUT2D eigenvalue weighted by Gasteiger charge is 2.05. The largest absolute Gasteiger partial charge is 0.329 e. The minimum atomic E-state index is 0.893. The third-order valence-electron chi connectivity index (χ3n) is 2.58. The van der Waals surface area contributed by atoms with Gasteiger partial charge in [0.1, 0.15) is 0 Å². The maximum Gasteiger partial charge on any atom is 0.172 e. The van der Waals surface area contributed by atoms with Crippen molar-refractivity contribution in [3.05, 3.63) is 40.6 Å². The molecule has 1 N–H and O–H groups in total. The van der Waals surface area contributed by atoms with Crippen molar-refractivity contribution >= 4 is 27.7 Å². The van der Waals surface area contributed by atoms with Gasteiger partial charge in [-0.3, -0.25) is 0 Å². The Morgan fingerprint density at radius 2 is 2.28 bits per heavy atom. The molecule has 1 heterocycles. The van der Waals surface area contributed by atoms with Crippen molar-refractivity contribution in [1.29, 1.82) is 0 Å². The second-order valence-electron chi connectivity index (χ2n) is 3.96. The molecule has 0 spiro atoms. The first-order valence-electron chi connectivity index (χ1n) is 5.85. The molecule has 0 atom stereocenters. The second-order valence-corrected chi connectivity index (χ2v) is 5.85. The lowest BCUT2D eigenvalue weighted by molar-refractivity contribution is 0.724. The van der Waals surface area contributed by atoms with Crippen LogP contribution in [0.15, 0.2) is 45.1 Å². The van der Waals surface area contributed by atoms with Gasteiger partial charge in [0, 0.05) is 35.4 Å². The van der Waals surface area contributed by atoms with Crippen LogP contribution in [0, 0.1) is 0 Å². The molecule has 1 aromatic heterocycles. The summed E-state index contributed by atoms with van der Waals surface area (Å²) in [5, 5.41) is 4.33. The summed E-state index contributed by atoms with van der Waals surface area (Å²) < 4.78 is 3.16. The van der Waals surface area contributed by atoms with E-state index >= 15 is 0 Å². The van der Waals surface area contributed by atoms with E-state index < -0.39 is 0 Å². The molecule has 0 bridgehead atoms. The van der Waals surface area contributed by atoms with Crippen molar-refractivity contribution in [3.63, 3.8) is 0 Å². The number of rotatable bonds is 5. The fraction of sp³-hybridized carbons (Fsp3) is 0.308. The summed E-state index contributed by atoms with van der Waals surface area (Å²) in [6, 6.07) is 6.43. The summed E-state index contributed by atoms with van der Waals surface area (Å²) in [5.74, 6) is 0. The molecule has 5 heteroatoms. The van der Waals surface area contributed by atoms with Crippen LogP contribution in [0.1, 0.15) is 12.5 Å². The van der Waals surface area contributed by atoms with Crippen LogP contribution >= 0.6 is 27.7 Å². The average molecular weight is 326 g/mol. The lowest BCUT2D eigenvalue weighted by atomic mass is 10.2. The maximum atomic E-state index is 4.31. The number of nitrogens with one attached hydrogen (secondary N) is 1. The number of hydrogen-bond donors (Lipinski definition) is 1. The molecular weight excluding hydrogens is 310 g/mol. The van der Waals surface area contributed by atoms with Crippen LogP contribution < -0.4 is 5.32 Å². The molecule has 0 fully saturated rings. The molecular formula is C13H16BrN3S. The molecule has 1 aromatic carbocycles. The standard InChI is InChI=1S/C13H16BrN3S/c1-3-15-9-10-4-5-11(8-12(10)14)18-13-16-6-7-17(13)2/h4-8,15H,3,9H2,1-2H3. The highest BCUT2D eigenvalue weighted by atomic mass is 79.9. The molecule has 3 nitrogen and oxygen atoms in total. The van der Waals surface area contributed by atoms with Gasteiger partial charge in [-0.1, -0.05) is 40.7 Å². The zero-order valence-electron chi connectivity index (χ0n) is 10.5. The number of benzene rings is 1. The fourth-order valence-corrected chi connectivity index (χ4v) is 3.06. The minimum Gasteiger partial charge on any atom is -0.329 e. The summed E-state index contributed by atoms with van der Waals surface area (Å²) in [6.07, 6.45) is 3.77. The van der Waals surface area contributed by atoms with Gasteiger partial charge in [-0.15, -0.1) is 0 Å². The molecule has 2 rings (SSSR count). The molecule has 0 unspecified atom stereocenters. The van der Waals surface area contributed by atoms with Crippen molar-refractivity contribution in [2.45, 2.75) is 23.5 Å². The second kappa shape index (κ2) is 6.41. The van der Waals surface area contributed by atoms with Crippen LogP contribution in [0.5, 0.6) is 0 Å². The van der Waals surface area contributed by atoms with Crippen molar-refractivity contribution in [1.82, 2.24) is 14.9 Å². The number of hydrogen-bond acceptors (Lipinski definition) is 3. The molecule has 0 aliphatic rings. The Morgan fingerprint density at radius 1 is 1.44 bits per heavy atom. The Balaban J connectivity index is 2.11. The molecule has 0 radical (unpaired) electrons. The summed E-state index contributed by atoms with van der Waals surface area (Å²) >= 11 is 5.29. The Bertz CT molecular complexity index is 525. The lowest BCUT2D eigenvalue weighted by Gasteiger charge is -2.07. The predicted octanol–water partition coefficient (Wildman–Crippen LogP) is 3.44. The topological polar surface area (TPSA) is 29.9 Å². The van der Waals surface area contributed by atoms with Crippen LogP contribution in [0.3, 0.4) is 0 Å². The third-order valence-corrected chi connectivity index (χ3v) is 4.38. The predicted molar refractivity (Wildman–Crippen MR) is 78.9 cm³/mol. The van der Waals surface area contributed by atoms with E-state index in [4.69, 9.17) is 0 Å². The van der Waals surface area contributed by atoms with Crippen molar-refractivity contribution in [2.75, 3.05) is 6.54 Å². The highest BCUT2D eigenvalue weighted by Crippen LogP contribution is 2.29. The number of nitrogens with zero attached hydrogens (tertiary/aromatic N) is 2. The van der Waals surface area contributed by atoms with Crippen molar-refractivity contribution < 1.29 is 0 Å². The van der Waals surface area contributed by atoms with Crippen molar-refractivity contribution in [3.8, 4) is 0 Å². The van der Waals surface area contributed by atoms with E-state index in [9.17, 15) is 0 Å². The molecule has 0 aliphatic carbocycles. The SMILES string of the molecule is CCNCc1ccc(Sc2nccn2C)cc1Br. The zero-order valence-corrected chi connectivity index (χ0v) is 12.9. The van der Waals surface area contributed by atoms with E-state index in [0.29, 0.717) is 0 Å². The van der Waals surface area contributed by atoms with Gasteiger partial charge in [0.15, 0.2) is 5.16 Å². The fourth-order valence-electron chi connectivity index (χ4n) is 1.55. The molecule has 96 valence electrons. The quantitative estimate of drug-likeness (QED) is 0.913. The number of aryl methyl sites for hydroxylation is 1. The minimum absolute atomic E-state index is 0.893. The van der Waals surface area contributed by atoms with Gasteiger partial charge in [0.05, 0.1) is 0 Å². The van der Waals surface area contributed by atoms with E-state index in [1.165, 1.54) is 10.5 Å². The first-order valence-corrected chi connectivity index (χ1v) is 7.46. The van der Waals surface area contributed by atoms with Crippen molar-refractivity contribution in [2.24, 2.45) is 7.05 Å². The molecule has 0 saturated carbocycles. The maximum absolute atomic E-state index is 4.31. The van der Waals surface area contributed by atoms with E-state index in [-0.39, 0.29) is 0 Å². The van der Waals surface area contributed by atoms with Crippen LogP contribution in [-0.2, 0) is 13.6 Å². The van der Waals surface area contributed by atoms with Gasteiger partial charge < -0.3 is 9.88 Å². The number of halogens is 1. The summed E-state index contributed by atoms with van der Waals surface area (Å²) in [5.41, 5.74) is 1.28. The summed E-state index contributed by atoms with van der Waals surface area (Å²) in [7, 11) is 2.00. The first-order chi connectivity index (χ1) is 8.70. The smallest absolute Gasteiger partial charge is 0.172 e. The van der Waals surface area contributed by atoms with Gasteiger partial charge in [0.2, 0.25) is 0 Å². The summed E-state index contributed by atoms with van der Waals surface area (Å²) in [6.45, 7) is 3.99. The molecule has 0 amide bonds. The van der Waals surface area contributed by atoms with Crippen LogP contribution in [0.2, 0.25) is 0 Å². The summed E-state index contributed by atoms with van der Waals surface area (Å²) in [4.78, 5) is 5.50. The molecule has 0 saturated heterocycles. The Labute approximate surface area is 120 Å². The molecule has 0 aliphatic heterocycles. The molecule has 2 aromatic rings. The van der Waals surface area contributed by atoms with Crippen LogP contribution in [0.4, 0.5) is 0 Å². The van der Waals surface area contributed by atoms with E-state index in [2.05, 4.69) is 51.4 Å². The lowest BCUT2D eigenvalue weighted by Crippen LogP contribution is -2.11. The molecule has 18 heavy (non-hydrogen) atoms. The van der Waals surface area contributed by atoms with E-state index in [1.807, 2.05) is 24.0 Å². The highest BCUT2D eigenvalue weighted by molar-refractivity contribution is 9.10. The first kappa shape index (κ1) is 13.6. The Kier molecular flexibility index (Phi) is 4.86. The number of imidazole rings is 1. The number of aromatic nitrogens is 2.